The maximum atomic E-state index is 14.3. The van der Waals surface area contributed by atoms with Gasteiger partial charge in [0.25, 0.3) is 5.56 Å². The average molecular weight is 473 g/mol. The monoisotopic (exact) mass is 472 g/mol. The topological polar surface area (TPSA) is 90.4 Å². The molecule has 1 aliphatic rings. The lowest BCUT2D eigenvalue weighted by molar-refractivity contribution is -0.149. The van der Waals surface area contributed by atoms with Gasteiger partial charge < -0.3 is 9.47 Å². The summed E-state index contributed by atoms with van der Waals surface area (Å²) >= 11 is 2.00. The van der Waals surface area contributed by atoms with Gasteiger partial charge in [-0.15, -0.1) is 0 Å². The average Bonchev–Trinajstić information content (AvgIpc) is 3.13. The van der Waals surface area contributed by atoms with Gasteiger partial charge in [-0.1, -0.05) is 45.4 Å². The lowest BCUT2D eigenvalue weighted by Gasteiger charge is -2.16. The second-order valence-corrected chi connectivity index (χ2v) is 9.71. The van der Waals surface area contributed by atoms with Crippen LogP contribution in [0.1, 0.15) is 82.9 Å². The lowest BCUT2D eigenvalue weighted by Crippen LogP contribution is -2.33. The van der Waals surface area contributed by atoms with Crippen LogP contribution in [0.3, 0.4) is 0 Å². The van der Waals surface area contributed by atoms with Gasteiger partial charge in [-0.05, 0) is 31.3 Å². The van der Waals surface area contributed by atoms with Crippen molar-refractivity contribution in [2.45, 2.75) is 96.6 Å². The third-order valence-electron chi connectivity index (χ3n) is 5.65. The van der Waals surface area contributed by atoms with E-state index in [4.69, 9.17) is 9.47 Å². The second kappa shape index (κ2) is 14.5. The normalized spacial score (nSPS) is 20.5. The van der Waals surface area contributed by atoms with E-state index in [0.29, 0.717) is 12.0 Å². The zero-order chi connectivity index (χ0) is 23.3. The molecule has 0 unspecified atom stereocenters. The summed E-state index contributed by atoms with van der Waals surface area (Å²) in [4.78, 5) is 37.6. The highest BCUT2D eigenvalue weighted by molar-refractivity contribution is 7.99. The van der Waals surface area contributed by atoms with E-state index in [1.165, 1.54) is 54.4 Å². The Morgan fingerprint density at radius 1 is 1.19 bits per heavy atom. The van der Waals surface area contributed by atoms with Gasteiger partial charge in [-0.2, -0.15) is 11.8 Å². The Morgan fingerprint density at radius 2 is 1.84 bits per heavy atom. The smallest absolute Gasteiger partial charge is 0.330 e. The molecule has 1 fully saturated rings. The van der Waals surface area contributed by atoms with Crippen LogP contribution >= 0.6 is 11.8 Å². The van der Waals surface area contributed by atoms with Gasteiger partial charge >= 0.3 is 11.7 Å². The van der Waals surface area contributed by atoms with Crippen LogP contribution < -0.4 is 11.2 Å². The summed E-state index contributed by atoms with van der Waals surface area (Å²) in [6, 6.07) is 0. The van der Waals surface area contributed by atoms with Gasteiger partial charge in [0.15, 0.2) is 0 Å². The molecule has 3 atom stereocenters. The molecular formula is C23H37FN2O5S. The first-order valence-corrected chi connectivity index (χ1v) is 12.9. The Kier molecular flexibility index (Phi) is 12.1. The fourth-order valence-corrected chi connectivity index (χ4v) is 4.43. The van der Waals surface area contributed by atoms with Gasteiger partial charge in [-0.25, -0.2) is 9.18 Å². The molecule has 0 radical (unpaired) electrons. The summed E-state index contributed by atoms with van der Waals surface area (Å²) in [5.41, 5.74) is -0.788. The van der Waals surface area contributed by atoms with Gasteiger partial charge in [0.1, 0.15) is 25.1 Å². The van der Waals surface area contributed by atoms with Gasteiger partial charge in [-0.3, -0.25) is 19.1 Å². The van der Waals surface area contributed by atoms with Crippen molar-refractivity contribution in [3.05, 3.63) is 32.6 Å². The summed E-state index contributed by atoms with van der Waals surface area (Å²) < 4.78 is 26.3. The maximum Gasteiger partial charge on any atom is 0.330 e. The van der Waals surface area contributed by atoms with Crippen molar-refractivity contribution < 1.29 is 18.7 Å². The molecule has 2 rings (SSSR count). The summed E-state index contributed by atoms with van der Waals surface area (Å²) in [6.45, 7) is 3.57. The zero-order valence-electron chi connectivity index (χ0n) is 19.3. The number of hydrogen-bond donors (Lipinski definition) is 1. The highest BCUT2D eigenvalue weighted by atomic mass is 32.2. The first-order valence-electron chi connectivity index (χ1n) is 11.8. The van der Waals surface area contributed by atoms with E-state index >= 15 is 0 Å². The highest BCUT2D eigenvalue weighted by Crippen LogP contribution is 2.30. The number of nitrogens with one attached hydrogen (secondary N) is 1. The van der Waals surface area contributed by atoms with E-state index < -0.39 is 29.8 Å². The van der Waals surface area contributed by atoms with Crippen molar-refractivity contribution in [3.8, 4) is 0 Å². The third kappa shape index (κ3) is 9.10. The van der Waals surface area contributed by atoms with Crippen LogP contribution in [-0.2, 0) is 14.3 Å². The van der Waals surface area contributed by atoms with Crippen LogP contribution in [0, 0.1) is 6.92 Å². The van der Waals surface area contributed by atoms with E-state index in [0.717, 1.165) is 19.3 Å². The molecule has 182 valence electrons. The van der Waals surface area contributed by atoms with Crippen LogP contribution in [-0.4, -0.2) is 45.9 Å². The first-order chi connectivity index (χ1) is 15.4. The molecule has 1 N–H and O–H groups in total. The Labute approximate surface area is 193 Å². The number of carbonyl (C=O) groups excluding carboxylic acids is 1. The molecule has 0 saturated carbocycles. The molecule has 9 heteroatoms. The maximum absolute atomic E-state index is 14.3. The number of thioether (sulfide) groups is 1. The van der Waals surface area contributed by atoms with Crippen molar-refractivity contribution in [2.24, 2.45) is 0 Å². The molecule has 1 aliphatic heterocycles. The molecule has 1 aromatic rings. The minimum atomic E-state index is -1.35. The molecule has 0 aromatic carbocycles. The quantitative estimate of drug-likeness (QED) is 0.303. The summed E-state index contributed by atoms with van der Waals surface area (Å²) in [5, 5.41) is 0. The molecule has 2 heterocycles. The molecule has 0 aliphatic carbocycles. The molecule has 1 aromatic heterocycles. The summed E-state index contributed by atoms with van der Waals surface area (Å²) in [7, 11) is 0. The van der Waals surface area contributed by atoms with E-state index in [2.05, 4.69) is 11.9 Å². The van der Waals surface area contributed by atoms with Crippen LogP contribution in [0.2, 0.25) is 0 Å². The highest BCUT2D eigenvalue weighted by Gasteiger charge is 2.37. The number of alkyl halides is 1. The molecule has 32 heavy (non-hydrogen) atoms. The minimum absolute atomic E-state index is 0.0367. The number of hydrogen-bond acceptors (Lipinski definition) is 6. The summed E-state index contributed by atoms with van der Waals surface area (Å²) in [6.07, 6.45) is 7.74. The number of unbranched alkanes of at least 4 members (excludes halogenated alkanes) is 7. The number of aromatic amines is 1. The van der Waals surface area contributed by atoms with Crippen molar-refractivity contribution in [3.63, 3.8) is 0 Å². The van der Waals surface area contributed by atoms with Crippen LogP contribution in [0.5, 0.6) is 0 Å². The second-order valence-electron chi connectivity index (χ2n) is 8.32. The number of rotatable bonds is 15. The Balaban J connectivity index is 1.57. The van der Waals surface area contributed by atoms with E-state index in [1.807, 2.05) is 11.8 Å². The fraction of sp³-hybridized carbons (Fsp3) is 0.783. The number of esters is 1. The largest absolute Gasteiger partial charge is 0.463 e. The van der Waals surface area contributed by atoms with Gasteiger partial charge in [0.05, 0.1) is 0 Å². The molecular weight excluding hydrogens is 435 g/mol. The zero-order valence-corrected chi connectivity index (χ0v) is 20.1. The summed E-state index contributed by atoms with van der Waals surface area (Å²) in [5.74, 6) is 2.11. The van der Waals surface area contributed by atoms with Gasteiger partial charge in [0, 0.05) is 24.6 Å². The first kappa shape index (κ1) is 26.6. The van der Waals surface area contributed by atoms with Crippen molar-refractivity contribution >= 4 is 17.7 Å². The predicted octanol–water partition coefficient (Wildman–Crippen LogP) is 4.28. The number of aryl methyl sites for hydroxylation is 1. The van der Waals surface area contributed by atoms with E-state index in [-0.39, 0.29) is 19.0 Å². The fourth-order valence-electron chi connectivity index (χ4n) is 3.74. The van der Waals surface area contributed by atoms with Crippen LogP contribution in [0.4, 0.5) is 4.39 Å². The number of H-pyrrole nitrogens is 1. The van der Waals surface area contributed by atoms with Crippen molar-refractivity contribution in [1.29, 1.82) is 0 Å². The number of carbonyl (C=O) groups is 1. The standard InChI is InChI=1S/C23H37FN2O5S/c1-3-32-13-11-9-7-5-4-6-8-10-12-21(27)30-16-19-18(24)14-20(31-19)26-15-17(2)22(28)25-23(26)29/h15,18-20H,3-14,16H2,1-2H3,(H,25,28,29)/t18-,19+,20+/m0/s1. The number of aromatic nitrogens is 2. The molecule has 7 nitrogen and oxygen atoms in total. The SMILES string of the molecule is CCSCCCCCCCCCCC(=O)OC[C@H]1O[C@@H](n2cc(C)c(=O)[nH]c2=O)C[C@@H]1F. The Hall–Kier alpha value is -1.61. The predicted molar refractivity (Wildman–Crippen MR) is 125 cm³/mol. The molecule has 0 amide bonds. The molecule has 0 bridgehead atoms. The molecule has 1 saturated heterocycles. The number of ether oxygens (including phenoxy) is 2. The third-order valence-corrected chi connectivity index (χ3v) is 6.64. The Bertz CT molecular complexity index is 812. The van der Waals surface area contributed by atoms with Crippen LogP contribution in [0.25, 0.3) is 0 Å². The van der Waals surface area contributed by atoms with E-state index in [1.54, 1.807) is 6.92 Å². The Morgan fingerprint density at radius 3 is 2.53 bits per heavy atom. The number of nitrogens with zero attached hydrogens (tertiary/aromatic N) is 1. The molecule has 0 spiro atoms. The van der Waals surface area contributed by atoms with Crippen molar-refractivity contribution in [2.75, 3.05) is 18.1 Å². The van der Waals surface area contributed by atoms with E-state index in [9.17, 15) is 18.8 Å². The van der Waals surface area contributed by atoms with Crippen LogP contribution in [0.15, 0.2) is 15.8 Å². The van der Waals surface area contributed by atoms with Gasteiger partial charge in [0.2, 0.25) is 0 Å². The number of halogens is 1. The minimum Gasteiger partial charge on any atom is -0.463 e. The lowest BCUT2D eigenvalue weighted by atomic mass is 10.1. The van der Waals surface area contributed by atoms with Crippen molar-refractivity contribution in [1.82, 2.24) is 9.55 Å².